The number of aliphatic carboxylic acids is 1. The van der Waals surface area contributed by atoms with Crippen LogP contribution in [0.5, 0.6) is 0 Å². The van der Waals surface area contributed by atoms with Crippen molar-refractivity contribution < 1.29 is 9.90 Å². The second-order valence-electron chi connectivity index (χ2n) is 5.86. The van der Waals surface area contributed by atoms with E-state index in [2.05, 4.69) is 32.6 Å². The number of rotatable bonds is 7. The van der Waals surface area contributed by atoms with Gasteiger partial charge in [-0.2, -0.15) is 0 Å². The van der Waals surface area contributed by atoms with Gasteiger partial charge in [-0.25, -0.2) is 0 Å². The Morgan fingerprint density at radius 2 is 1.62 bits per heavy atom. The zero-order valence-corrected chi connectivity index (χ0v) is 10.9. The fraction of sp³-hybridized carbons (Fsp3) is 0.923. The minimum absolute atomic E-state index is 0.246. The van der Waals surface area contributed by atoms with Crippen LogP contribution in [0.15, 0.2) is 0 Å². The van der Waals surface area contributed by atoms with E-state index in [4.69, 9.17) is 0 Å². The van der Waals surface area contributed by atoms with Gasteiger partial charge in [0, 0.05) is 13.1 Å². The summed E-state index contributed by atoms with van der Waals surface area (Å²) in [4.78, 5) is 13.5. The quantitative estimate of drug-likeness (QED) is 0.726. The normalized spacial score (nSPS) is 18.4. The molecule has 1 saturated carbocycles. The predicted octanol–water partition coefficient (Wildman–Crippen LogP) is 2.46. The largest absolute Gasteiger partial charge is 0.480 e. The zero-order valence-electron chi connectivity index (χ0n) is 10.9. The molecule has 1 N–H and O–H groups in total. The van der Waals surface area contributed by atoms with Crippen LogP contribution < -0.4 is 0 Å². The zero-order chi connectivity index (χ0) is 12.3. The molecule has 0 heterocycles. The molecule has 1 unspecified atom stereocenters. The molecule has 1 fully saturated rings. The van der Waals surface area contributed by atoms with E-state index in [1.807, 2.05) is 0 Å². The Kier molecular flexibility index (Phi) is 4.78. The molecule has 0 aromatic rings. The topological polar surface area (TPSA) is 40.5 Å². The summed E-state index contributed by atoms with van der Waals surface area (Å²) in [5.41, 5.74) is 0. The standard InChI is InChI=1S/C13H25NO2/c1-9(2)7-14(8-10(3)4)12(13(15)16)11-5-6-11/h9-12H,5-8H2,1-4H3,(H,15,16). The van der Waals surface area contributed by atoms with Gasteiger partial charge in [-0.15, -0.1) is 0 Å². The van der Waals surface area contributed by atoms with Crippen LogP contribution in [-0.2, 0) is 4.79 Å². The van der Waals surface area contributed by atoms with Gasteiger partial charge in [0.25, 0.3) is 0 Å². The summed E-state index contributed by atoms with van der Waals surface area (Å²) in [6, 6.07) is -0.246. The summed E-state index contributed by atoms with van der Waals surface area (Å²) in [7, 11) is 0. The third-order valence-corrected chi connectivity index (χ3v) is 2.91. The second kappa shape index (κ2) is 5.67. The molecule has 0 radical (unpaired) electrons. The van der Waals surface area contributed by atoms with E-state index in [-0.39, 0.29) is 6.04 Å². The molecule has 0 aliphatic heterocycles. The Bertz CT molecular complexity index is 224. The molecule has 0 aromatic heterocycles. The molecule has 94 valence electrons. The molecule has 3 heteroatoms. The number of hydrogen-bond acceptors (Lipinski definition) is 2. The van der Waals surface area contributed by atoms with Gasteiger partial charge in [-0.05, 0) is 30.6 Å². The number of nitrogens with zero attached hydrogens (tertiary/aromatic N) is 1. The predicted molar refractivity (Wildman–Crippen MR) is 65.4 cm³/mol. The van der Waals surface area contributed by atoms with Gasteiger partial charge in [-0.1, -0.05) is 27.7 Å². The lowest BCUT2D eigenvalue weighted by molar-refractivity contribution is -0.144. The summed E-state index contributed by atoms with van der Waals surface area (Å²) in [5, 5.41) is 9.34. The van der Waals surface area contributed by atoms with Crippen molar-refractivity contribution in [2.75, 3.05) is 13.1 Å². The maximum absolute atomic E-state index is 11.3. The highest BCUT2D eigenvalue weighted by molar-refractivity contribution is 5.74. The van der Waals surface area contributed by atoms with Crippen molar-refractivity contribution in [3.05, 3.63) is 0 Å². The molecule has 0 saturated heterocycles. The smallest absolute Gasteiger partial charge is 0.321 e. The molecule has 0 aromatic carbocycles. The summed E-state index contributed by atoms with van der Waals surface area (Å²) in [6.45, 7) is 10.4. The van der Waals surface area contributed by atoms with Crippen molar-refractivity contribution in [1.29, 1.82) is 0 Å². The van der Waals surface area contributed by atoms with Crippen LogP contribution in [0.3, 0.4) is 0 Å². The summed E-state index contributed by atoms with van der Waals surface area (Å²) in [6.07, 6.45) is 2.17. The lowest BCUT2D eigenvalue weighted by Crippen LogP contribution is -2.46. The van der Waals surface area contributed by atoms with Crippen molar-refractivity contribution in [1.82, 2.24) is 4.90 Å². The van der Waals surface area contributed by atoms with E-state index in [1.54, 1.807) is 0 Å². The lowest BCUT2D eigenvalue weighted by Gasteiger charge is -2.31. The van der Waals surface area contributed by atoms with Crippen molar-refractivity contribution >= 4 is 5.97 Å². The highest BCUT2D eigenvalue weighted by atomic mass is 16.4. The van der Waals surface area contributed by atoms with Gasteiger partial charge < -0.3 is 5.11 Å². The van der Waals surface area contributed by atoms with E-state index in [1.165, 1.54) is 0 Å². The molecule has 3 nitrogen and oxygen atoms in total. The van der Waals surface area contributed by atoms with Gasteiger partial charge in [0.15, 0.2) is 0 Å². The third-order valence-electron chi connectivity index (χ3n) is 2.91. The number of carboxylic acid groups (broad SMARTS) is 1. The van der Waals surface area contributed by atoms with E-state index in [0.717, 1.165) is 25.9 Å². The minimum atomic E-state index is -0.635. The average molecular weight is 227 g/mol. The number of carboxylic acids is 1. The Hall–Kier alpha value is -0.570. The summed E-state index contributed by atoms with van der Waals surface area (Å²) in [5.74, 6) is 0.817. The van der Waals surface area contributed by atoms with Crippen LogP contribution in [0.2, 0.25) is 0 Å². The number of hydrogen-bond donors (Lipinski definition) is 1. The SMILES string of the molecule is CC(C)CN(CC(C)C)C(C(=O)O)C1CC1. The molecular weight excluding hydrogens is 202 g/mol. The van der Waals surface area contributed by atoms with Crippen LogP contribution in [-0.4, -0.2) is 35.1 Å². The monoisotopic (exact) mass is 227 g/mol. The lowest BCUT2D eigenvalue weighted by atomic mass is 10.1. The van der Waals surface area contributed by atoms with Crippen LogP contribution in [0, 0.1) is 17.8 Å². The van der Waals surface area contributed by atoms with E-state index >= 15 is 0 Å². The Labute approximate surface area is 98.8 Å². The van der Waals surface area contributed by atoms with Crippen LogP contribution in [0.1, 0.15) is 40.5 Å². The van der Waals surface area contributed by atoms with Crippen LogP contribution in [0.25, 0.3) is 0 Å². The molecular formula is C13H25NO2. The van der Waals surface area contributed by atoms with E-state index in [9.17, 15) is 9.90 Å². The van der Waals surface area contributed by atoms with Gasteiger partial charge in [0.1, 0.15) is 6.04 Å². The highest BCUT2D eigenvalue weighted by Crippen LogP contribution is 2.36. The van der Waals surface area contributed by atoms with Crippen molar-refractivity contribution in [2.24, 2.45) is 17.8 Å². The van der Waals surface area contributed by atoms with Crippen molar-refractivity contribution in [2.45, 2.75) is 46.6 Å². The van der Waals surface area contributed by atoms with Gasteiger partial charge in [-0.3, -0.25) is 9.69 Å². The molecule has 1 aliphatic rings. The average Bonchev–Trinajstić information content (AvgIpc) is 2.84. The Morgan fingerprint density at radius 1 is 1.19 bits per heavy atom. The second-order valence-corrected chi connectivity index (χ2v) is 5.86. The maximum Gasteiger partial charge on any atom is 0.321 e. The van der Waals surface area contributed by atoms with Gasteiger partial charge in [0.2, 0.25) is 0 Å². The number of carbonyl (C=O) groups is 1. The highest BCUT2D eigenvalue weighted by Gasteiger charge is 2.40. The first-order chi connectivity index (χ1) is 7.41. The van der Waals surface area contributed by atoms with Crippen molar-refractivity contribution in [3.63, 3.8) is 0 Å². The molecule has 16 heavy (non-hydrogen) atoms. The van der Waals surface area contributed by atoms with Gasteiger partial charge >= 0.3 is 5.97 Å². The fourth-order valence-corrected chi connectivity index (χ4v) is 2.31. The Morgan fingerprint density at radius 3 is 1.88 bits per heavy atom. The van der Waals surface area contributed by atoms with Crippen LogP contribution in [0.4, 0.5) is 0 Å². The fourth-order valence-electron chi connectivity index (χ4n) is 2.31. The molecule has 1 rings (SSSR count). The molecule has 1 aliphatic carbocycles. The third kappa shape index (κ3) is 4.12. The summed E-state index contributed by atoms with van der Waals surface area (Å²) >= 11 is 0. The first-order valence-electron chi connectivity index (χ1n) is 6.38. The molecule has 1 atom stereocenters. The van der Waals surface area contributed by atoms with Crippen molar-refractivity contribution in [3.8, 4) is 0 Å². The first-order valence-corrected chi connectivity index (χ1v) is 6.38. The van der Waals surface area contributed by atoms with E-state index < -0.39 is 5.97 Å². The minimum Gasteiger partial charge on any atom is -0.480 e. The Balaban J connectivity index is 2.66. The molecule has 0 amide bonds. The first kappa shape index (κ1) is 13.5. The molecule has 0 bridgehead atoms. The van der Waals surface area contributed by atoms with E-state index in [0.29, 0.717) is 17.8 Å². The summed E-state index contributed by atoms with van der Waals surface area (Å²) < 4.78 is 0. The van der Waals surface area contributed by atoms with Crippen LogP contribution >= 0.6 is 0 Å². The molecule has 0 spiro atoms. The maximum atomic E-state index is 11.3. The van der Waals surface area contributed by atoms with Gasteiger partial charge in [0.05, 0.1) is 0 Å².